The Balaban J connectivity index is 1.97. The molecule has 1 fully saturated rings. The third-order valence-corrected chi connectivity index (χ3v) is 6.10. The lowest BCUT2D eigenvalue weighted by Crippen LogP contribution is -2.48. The quantitative estimate of drug-likeness (QED) is 0.866. The minimum Gasteiger partial charge on any atom is -0.496 e. The molecule has 0 bridgehead atoms. The number of urea groups is 1. The topological polar surface area (TPSA) is 67.4 Å². The molecular weight excluding hydrogens is 312 g/mol. The molecule has 23 heavy (non-hydrogen) atoms. The zero-order chi connectivity index (χ0) is 16.8. The molecule has 3 atom stereocenters. The lowest BCUT2D eigenvalue weighted by Gasteiger charge is -2.31. The van der Waals surface area contributed by atoms with Gasteiger partial charge < -0.3 is 15.4 Å². The van der Waals surface area contributed by atoms with Crippen LogP contribution in [0.25, 0.3) is 0 Å². The first kappa shape index (κ1) is 17.8. The predicted molar refractivity (Wildman–Crippen MR) is 94.6 cm³/mol. The number of aryl methyl sites for hydroxylation is 1. The zero-order valence-corrected chi connectivity index (χ0v) is 14.9. The van der Waals surface area contributed by atoms with Crippen molar-refractivity contribution in [2.75, 3.05) is 18.2 Å². The van der Waals surface area contributed by atoms with E-state index >= 15 is 0 Å². The third kappa shape index (κ3) is 4.70. The van der Waals surface area contributed by atoms with Gasteiger partial charge in [-0.1, -0.05) is 19.8 Å². The molecule has 6 heteroatoms. The first-order valence-corrected chi connectivity index (χ1v) is 9.52. The molecule has 1 aliphatic rings. The summed E-state index contributed by atoms with van der Waals surface area (Å²) >= 11 is 0. The lowest BCUT2D eigenvalue weighted by atomic mass is 9.95. The number of rotatable bonds is 5. The second-order valence-electron chi connectivity index (χ2n) is 5.88. The number of carbonyl (C=O) groups is 1. The van der Waals surface area contributed by atoms with Gasteiger partial charge in [0.15, 0.2) is 0 Å². The molecule has 0 aromatic heterocycles. The second kappa shape index (κ2) is 8.34. The molecule has 1 saturated carbocycles. The number of anilines is 1. The summed E-state index contributed by atoms with van der Waals surface area (Å²) in [6, 6.07) is 5.28. The van der Waals surface area contributed by atoms with Crippen LogP contribution in [0, 0.1) is 6.92 Å². The summed E-state index contributed by atoms with van der Waals surface area (Å²) < 4.78 is 17.4. The maximum atomic E-state index is 12.3. The fourth-order valence-corrected chi connectivity index (χ4v) is 4.51. The van der Waals surface area contributed by atoms with Crippen LogP contribution in [0.15, 0.2) is 18.2 Å². The van der Waals surface area contributed by atoms with Crippen LogP contribution in [0.1, 0.15) is 38.2 Å². The standard InChI is InChI=1S/C17H26N2O3S/c1-4-23(21)16-8-6-5-7-14(16)19-17(20)18-13-9-10-15(22-3)12(2)11-13/h9-11,14,16H,4-8H2,1-3H3,(H2,18,19,20)/t14-,16+,23+/m0/s1. The molecule has 2 N–H and O–H groups in total. The van der Waals surface area contributed by atoms with Crippen LogP contribution in [-0.4, -0.2) is 34.4 Å². The Bertz CT molecular complexity index is 577. The van der Waals surface area contributed by atoms with Gasteiger partial charge in [0.1, 0.15) is 5.75 Å². The number of hydrogen-bond acceptors (Lipinski definition) is 3. The number of hydrogen-bond donors (Lipinski definition) is 2. The van der Waals surface area contributed by atoms with Crippen LogP contribution < -0.4 is 15.4 Å². The maximum absolute atomic E-state index is 12.3. The average Bonchev–Trinajstić information content (AvgIpc) is 2.54. The Hall–Kier alpha value is -1.56. The van der Waals surface area contributed by atoms with Gasteiger partial charge >= 0.3 is 6.03 Å². The lowest BCUT2D eigenvalue weighted by molar-refractivity contribution is 0.244. The van der Waals surface area contributed by atoms with Crippen LogP contribution >= 0.6 is 0 Å². The van der Waals surface area contributed by atoms with Crippen molar-refractivity contribution in [2.45, 2.75) is 50.8 Å². The Morgan fingerprint density at radius 2 is 2.09 bits per heavy atom. The highest BCUT2D eigenvalue weighted by atomic mass is 32.2. The summed E-state index contributed by atoms with van der Waals surface area (Å²) in [7, 11) is 0.751. The van der Waals surface area contributed by atoms with E-state index in [0.29, 0.717) is 5.75 Å². The summed E-state index contributed by atoms with van der Waals surface area (Å²) in [6.07, 6.45) is 3.98. The number of methoxy groups -OCH3 is 1. The van der Waals surface area contributed by atoms with Crippen molar-refractivity contribution in [3.05, 3.63) is 23.8 Å². The first-order chi connectivity index (χ1) is 11.0. The molecule has 0 heterocycles. The Kier molecular flexibility index (Phi) is 6.45. The minimum atomic E-state index is -0.873. The molecule has 0 spiro atoms. The summed E-state index contributed by atoms with van der Waals surface area (Å²) in [6.45, 7) is 3.87. The number of ether oxygens (including phenoxy) is 1. The summed E-state index contributed by atoms with van der Waals surface area (Å²) in [4.78, 5) is 12.3. The number of benzene rings is 1. The van der Waals surface area contributed by atoms with Crippen molar-refractivity contribution in [3.63, 3.8) is 0 Å². The van der Waals surface area contributed by atoms with Gasteiger partial charge in [0.2, 0.25) is 0 Å². The van der Waals surface area contributed by atoms with Crippen molar-refractivity contribution in [2.24, 2.45) is 0 Å². The van der Waals surface area contributed by atoms with E-state index < -0.39 is 10.8 Å². The maximum Gasteiger partial charge on any atom is 0.319 e. The molecule has 0 aliphatic heterocycles. The Labute approximate surface area is 140 Å². The van der Waals surface area contributed by atoms with Gasteiger partial charge in [-0.05, 0) is 43.5 Å². The van der Waals surface area contributed by atoms with Gasteiger partial charge in [0.25, 0.3) is 0 Å². The monoisotopic (exact) mass is 338 g/mol. The van der Waals surface area contributed by atoms with Gasteiger partial charge in [-0.15, -0.1) is 0 Å². The van der Waals surface area contributed by atoms with Crippen LogP contribution in [0.3, 0.4) is 0 Å². The van der Waals surface area contributed by atoms with Gasteiger partial charge in [-0.25, -0.2) is 4.79 Å². The molecule has 0 radical (unpaired) electrons. The summed E-state index contributed by atoms with van der Waals surface area (Å²) in [5.74, 6) is 1.43. The predicted octanol–water partition coefficient (Wildman–Crippen LogP) is 3.20. The van der Waals surface area contributed by atoms with Crippen LogP contribution in [0.5, 0.6) is 5.75 Å². The molecule has 2 amide bonds. The highest BCUT2D eigenvalue weighted by molar-refractivity contribution is 7.85. The normalized spacial score (nSPS) is 22.2. The van der Waals surface area contributed by atoms with Gasteiger partial charge in [-0.2, -0.15) is 0 Å². The van der Waals surface area contributed by atoms with Crippen LogP contribution in [0.2, 0.25) is 0 Å². The van der Waals surface area contributed by atoms with Gasteiger partial charge in [-0.3, -0.25) is 4.21 Å². The fourth-order valence-electron chi connectivity index (χ4n) is 3.08. The number of carbonyl (C=O) groups excluding carboxylic acids is 1. The second-order valence-corrected chi connectivity index (χ2v) is 7.83. The van der Waals surface area contributed by atoms with E-state index in [1.54, 1.807) is 7.11 Å². The highest BCUT2D eigenvalue weighted by Crippen LogP contribution is 2.24. The average molecular weight is 338 g/mol. The van der Waals surface area contributed by atoms with E-state index in [-0.39, 0.29) is 17.3 Å². The number of nitrogens with one attached hydrogen (secondary N) is 2. The molecule has 1 aromatic rings. The van der Waals surface area contributed by atoms with Crippen molar-refractivity contribution in [1.82, 2.24) is 5.32 Å². The van der Waals surface area contributed by atoms with Gasteiger partial charge in [0.05, 0.1) is 12.4 Å². The van der Waals surface area contributed by atoms with Crippen LogP contribution in [0.4, 0.5) is 10.5 Å². The van der Waals surface area contributed by atoms with Crippen molar-refractivity contribution in [3.8, 4) is 5.75 Å². The fraction of sp³-hybridized carbons (Fsp3) is 0.588. The van der Waals surface area contributed by atoms with Crippen molar-refractivity contribution < 1.29 is 13.7 Å². The largest absolute Gasteiger partial charge is 0.496 e. The van der Waals surface area contributed by atoms with E-state index in [9.17, 15) is 9.00 Å². The van der Waals surface area contributed by atoms with E-state index in [1.807, 2.05) is 32.0 Å². The molecule has 0 saturated heterocycles. The number of amides is 2. The van der Waals surface area contributed by atoms with E-state index in [0.717, 1.165) is 42.7 Å². The highest BCUT2D eigenvalue weighted by Gasteiger charge is 2.30. The summed E-state index contributed by atoms with van der Waals surface area (Å²) in [5.41, 5.74) is 1.69. The van der Waals surface area contributed by atoms with Crippen molar-refractivity contribution in [1.29, 1.82) is 0 Å². The molecular formula is C17H26N2O3S. The Morgan fingerprint density at radius 1 is 1.35 bits per heavy atom. The molecule has 1 aliphatic carbocycles. The Morgan fingerprint density at radius 3 is 2.74 bits per heavy atom. The SMILES string of the molecule is CC[S@@](=O)[C@@H]1CCCC[C@@H]1NC(=O)Nc1ccc(OC)c(C)c1. The van der Waals surface area contributed by atoms with E-state index in [4.69, 9.17) is 4.74 Å². The van der Waals surface area contributed by atoms with Crippen LogP contribution in [-0.2, 0) is 10.8 Å². The summed E-state index contributed by atoms with van der Waals surface area (Å²) in [5, 5.41) is 5.93. The molecule has 1 aromatic carbocycles. The molecule has 0 unspecified atom stereocenters. The smallest absolute Gasteiger partial charge is 0.319 e. The minimum absolute atomic E-state index is 0.0103. The van der Waals surface area contributed by atoms with Gasteiger partial charge in [0, 0.05) is 28.3 Å². The van der Waals surface area contributed by atoms with E-state index in [1.165, 1.54) is 0 Å². The van der Waals surface area contributed by atoms with E-state index in [2.05, 4.69) is 10.6 Å². The third-order valence-electron chi connectivity index (χ3n) is 4.29. The zero-order valence-electron chi connectivity index (χ0n) is 14.1. The molecule has 5 nitrogen and oxygen atoms in total. The molecule has 2 rings (SSSR count). The van der Waals surface area contributed by atoms with Crippen molar-refractivity contribution >= 4 is 22.5 Å². The first-order valence-electron chi connectivity index (χ1n) is 8.14. The molecule has 128 valence electrons.